The molecule has 1 atom stereocenters. The standard InChI is InChI=1S/C20H23N5O2/c1-12-10-24(19(26)13-3-4-13)18-9-15(16-11-23(2)22-21-16)7-8-17(18)25(12)20(27)14-5-6-14/h7-9,11-14H,3-6,10H2,1-2H3/t12-/m0/s1. The van der Waals surface area contributed by atoms with Crippen LogP contribution in [-0.4, -0.2) is 39.4 Å². The van der Waals surface area contributed by atoms with Crippen LogP contribution in [0.5, 0.6) is 0 Å². The van der Waals surface area contributed by atoms with Gasteiger partial charge in [0.15, 0.2) is 0 Å². The Labute approximate surface area is 157 Å². The summed E-state index contributed by atoms with van der Waals surface area (Å²) in [4.78, 5) is 29.6. The van der Waals surface area contributed by atoms with E-state index < -0.39 is 0 Å². The summed E-state index contributed by atoms with van der Waals surface area (Å²) >= 11 is 0. The molecule has 3 aliphatic rings. The van der Waals surface area contributed by atoms with Crippen LogP contribution in [0.15, 0.2) is 24.4 Å². The molecule has 7 heteroatoms. The van der Waals surface area contributed by atoms with Gasteiger partial charge in [0.2, 0.25) is 11.8 Å². The van der Waals surface area contributed by atoms with Gasteiger partial charge in [0, 0.05) is 31.0 Å². The second-order valence-electron chi connectivity index (χ2n) is 8.04. The van der Waals surface area contributed by atoms with Gasteiger partial charge in [0.1, 0.15) is 5.69 Å². The van der Waals surface area contributed by atoms with E-state index in [1.54, 1.807) is 4.68 Å². The Morgan fingerprint density at radius 3 is 2.37 bits per heavy atom. The van der Waals surface area contributed by atoms with E-state index in [1.165, 1.54) is 0 Å². The van der Waals surface area contributed by atoms with Gasteiger partial charge in [-0.05, 0) is 44.7 Å². The number of aryl methyl sites for hydroxylation is 1. The number of hydrogen-bond acceptors (Lipinski definition) is 4. The van der Waals surface area contributed by atoms with Gasteiger partial charge in [-0.25, -0.2) is 0 Å². The molecule has 0 spiro atoms. The summed E-state index contributed by atoms with van der Waals surface area (Å²) in [6, 6.07) is 5.89. The van der Waals surface area contributed by atoms with Crippen LogP contribution < -0.4 is 9.80 Å². The molecule has 1 aromatic heterocycles. The molecule has 2 saturated carbocycles. The molecule has 27 heavy (non-hydrogen) atoms. The molecule has 1 aliphatic heterocycles. The highest BCUT2D eigenvalue weighted by atomic mass is 16.2. The molecule has 2 aromatic rings. The first-order valence-electron chi connectivity index (χ1n) is 9.68. The second-order valence-corrected chi connectivity index (χ2v) is 8.04. The Bertz CT molecular complexity index is 928. The maximum Gasteiger partial charge on any atom is 0.230 e. The first-order chi connectivity index (χ1) is 13.0. The van der Waals surface area contributed by atoms with Crippen LogP contribution in [-0.2, 0) is 16.6 Å². The fourth-order valence-electron chi connectivity index (χ4n) is 3.89. The van der Waals surface area contributed by atoms with Crippen molar-refractivity contribution < 1.29 is 9.59 Å². The lowest BCUT2D eigenvalue weighted by atomic mass is 10.0. The fraction of sp³-hybridized carbons (Fsp3) is 0.500. The number of hydrogen-bond donors (Lipinski definition) is 0. The molecule has 2 heterocycles. The molecule has 2 aliphatic carbocycles. The Hall–Kier alpha value is -2.70. The number of nitrogens with zero attached hydrogens (tertiary/aromatic N) is 5. The minimum absolute atomic E-state index is 0.0179. The second kappa shape index (κ2) is 5.90. The molecule has 2 amide bonds. The number of carbonyl (C=O) groups excluding carboxylic acids is 2. The molecule has 140 valence electrons. The number of anilines is 2. The smallest absolute Gasteiger partial charge is 0.230 e. The molecule has 2 fully saturated rings. The third-order valence-corrected chi connectivity index (χ3v) is 5.67. The van der Waals surface area contributed by atoms with Crippen molar-refractivity contribution in [3.8, 4) is 11.3 Å². The Balaban J connectivity index is 1.60. The lowest BCUT2D eigenvalue weighted by Gasteiger charge is -2.41. The molecule has 1 aromatic carbocycles. The quantitative estimate of drug-likeness (QED) is 0.837. The van der Waals surface area contributed by atoms with Crippen molar-refractivity contribution in [1.29, 1.82) is 0 Å². The minimum Gasteiger partial charge on any atom is -0.308 e. The molecule has 0 bridgehead atoms. The molecule has 5 rings (SSSR count). The van der Waals surface area contributed by atoms with Gasteiger partial charge in [-0.15, -0.1) is 5.10 Å². The largest absolute Gasteiger partial charge is 0.308 e. The summed E-state index contributed by atoms with van der Waals surface area (Å²) < 4.78 is 1.66. The van der Waals surface area contributed by atoms with Crippen LogP contribution in [0.4, 0.5) is 11.4 Å². The third kappa shape index (κ3) is 2.81. The van der Waals surface area contributed by atoms with Crippen LogP contribution in [0.25, 0.3) is 11.3 Å². The van der Waals surface area contributed by atoms with Crippen molar-refractivity contribution in [2.45, 2.75) is 38.6 Å². The van der Waals surface area contributed by atoms with Gasteiger partial charge >= 0.3 is 0 Å². The van der Waals surface area contributed by atoms with Crippen LogP contribution >= 0.6 is 0 Å². The number of carbonyl (C=O) groups is 2. The predicted molar refractivity (Wildman–Crippen MR) is 101 cm³/mol. The molecule has 0 unspecified atom stereocenters. The van der Waals surface area contributed by atoms with Gasteiger partial charge in [-0.1, -0.05) is 11.3 Å². The van der Waals surface area contributed by atoms with Crippen molar-refractivity contribution in [1.82, 2.24) is 15.0 Å². The van der Waals surface area contributed by atoms with Gasteiger partial charge < -0.3 is 9.80 Å². The topological polar surface area (TPSA) is 71.3 Å². The minimum atomic E-state index is -0.0179. The SMILES string of the molecule is C[C@H]1CN(C(=O)C2CC2)c2cc(-c3cn(C)nn3)ccc2N1C(=O)C1CC1. The lowest BCUT2D eigenvalue weighted by molar-refractivity contribution is -0.122. The third-order valence-electron chi connectivity index (χ3n) is 5.67. The van der Waals surface area contributed by atoms with E-state index in [0.29, 0.717) is 6.54 Å². The highest BCUT2D eigenvalue weighted by Crippen LogP contribution is 2.44. The van der Waals surface area contributed by atoms with Gasteiger partial charge in [0.05, 0.1) is 23.6 Å². The van der Waals surface area contributed by atoms with Crippen molar-refractivity contribution in [3.05, 3.63) is 24.4 Å². The number of benzene rings is 1. The maximum absolute atomic E-state index is 12.9. The van der Waals surface area contributed by atoms with Gasteiger partial charge in [0.25, 0.3) is 0 Å². The Kier molecular flexibility index (Phi) is 3.60. The van der Waals surface area contributed by atoms with Crippen LogP contribution in [0.1, 0.15) is 32.6 Å². The normalized spacial score (nSPS) is 21.9. The summed E-state index contributed by atoms with van der Waals surface area (Å²) in [5.41, 5.74) is 3.33. The van der Waals surface area contributed by atoms with E-state index in [9.17, 15) is 9.59 Å². The average Bonchev–Trinajstić information content (AvgIpc) is 3.57. The van der Waals surface area contributed by atoms with Crippen molar-refractivity contribution in [3.63, 3.8) is 0 Å². The fourth-order valence-corrected chi connectivity index (χ4v) is 3.89. The first kappa shape index (κ1) is 16.5. The van der Waals surface area contributed by atoms with E-state index >= 15 is 0 Å². The highest BCUT2D eigenvalue weighted by molar-refractivity contribution is 6.07. The highest BCUT2D eigenvalue weighted by Gasteiger charge is 2.43. The number of amides is 2. The number of fused-ring (bicyclic) bond motifs is 1. The van der Waals surface area contributed by atoms with Crippen molar-refractivity contribution in [2.24, 2.45) is 18.9 Å². The number of rotatable bonds is 3. The van der Waals surface area contributed by atoms with E-state index in [0.717, 1.165) is 48.3 Å². The summed E-state index contributed by atoms with van der Waals surface area (Å²) in [7, 11) is 1.83. The van der Waals surface area contributed by atoms with Crippen molar-refractivity contribution in [2.75, 3.05) is 16.3 Å². The maximum atomic E-state index is 12.9. The molecule has 7 nitrogen and oxygen atoms in total. The lowest BCUT2D eigenvalue weighted by Crippen LogP contribution is -2.52. The van der Waals surface area contributed by atoms with Crippen molar-refractivity contribution >= 4 is 23.2 Å². The number of aromatic nitrogens is 3. The summed E-state index contributed by atoms with van der Waals surface area (Å²) in [6.07, 6.45) is 5.73. The van der Waals surface area contributed by atoms with Gasteiger partial charge in [-0.2, -0.15) is 0 Å². The monoisotopic (exact) mass is 365 g/mol. The first-order valence-corrected chi connectivity index (χ1v) is 9.68. The van der Waals surface area contributed by atoms with Crippen LogP contribution in [0, 0.1) is 11.8 Å². The van der Waals surface area contributed by atoms with E-state index in [2.05, 4.69) is 10.3 Å². The zero-order chi connectivity index (χ0) is 18.7. The predicted octanol–water partition coefficient (Wildman–Crippen LogP) is 2.37. The van der Waals surface area contributed by atoms with E-state index in [4.69, 9.17) is 0 Å². The average molecular weight is 365 g/mol. The molecule has 0 N–H and O–H groups in total. The van der Waals surface area contributed by atoms with E-state index in [-0.39, 0.29) is 29.7 Å². The van der Waals surface area contributed by atoms with Crippen LogP contribution in [0.2, 0.25) is 0 Å². The summed E-state index contributed by atoms with van der Waals surface area (Å²) in [5, 5.41) is 8.19. The molecular formula is C20H23N5O2. The van der Waals surface area contributed by atoms with E-state index in [1.807, 2.05) is 48.2 Å². The van der Waals surface area contributed by atoms with Crippen LogP contribution in [0.3, 0.4) is 0 Å². The van der Waals surface area contributed by atoms with Gasteiger partial charge in [-0.3, -0.25) is 14.3 Å². The zero-order valence-electron chi connectivity index (χ0n) is 15.6. The summed E-state index contributed by atoms with van der Waals surface area (Å²) in [6.45, 7) is 2.58. The molecular weight excluding hydrogens is 342 g/mol. The molecule has 0 saturated heterocycles. The molecule has 0 radical (unpaired) electrons. The zero-order valence-corrected chi connectivity index (χ0v) is 15.6. The Morgan fingerprint density at radius 2 is 1.74 bits per heavy atom. The Morgan fingerprint density at radius 1 is 1.04 bits per heavy atom. The summed E-state index contributed by atoms with van der Waals surface area (Å²) in [5.74, 6) is 0.647.